The van der Waals surface area contributed by atoms with Crippen LogP contribution in [0.2, 0.25) is 10.0 Å². The molecule has 126 valence electrons. The molecule has 5 nitrogen and oxygen atoms in total. The van der Waals surface area contributed by atoms with Gasteiger partial charge in [-0.05, 0) is 36.8 Å². The largest absolute Gasteiger partial charge is 0.348 e. The van der Waals surface area contributed by atoms with Gasteiger partial charge in [0.1, 0.15) is 0 Å². The van der Waals surface area contributed by atoms with Crippen molar-refractivity contribution in [2.24, 2.45) is 0 Å². The Balaban J connectivity index is 1.80. The van der Waals surface area contributed by atoms with Crippen LogP contribution < -0.4 is 16.0 Å². The van der Waals surface area contributed by atoms with E-state index in [1.165, 1.54) is 0 Å². The Morgan fingerprint density at radius 1 is 1.04 bits per heavy atom. The monoisotopic (exact) mass is 365 g/mol. The van der Waals surface area contributed by atoms with Gasteiger partial charge in [0, 0.05) is 5.69 Å². The molecule has 2 aromatic carbocycles. The predicted molar refractivity (Wildman–Crippen MR) is 96.5 cm³/mol. The first-order valence-electron chi connectivity index (χ1n) is 7.30. The molecular weight excluding hydrogens is 349 g/mol. The van der Waals surface area contributed by atoms with Gasteiger partial charge in [0.15, 0.2) is 0 Å². The number of para-hydroxylation sites is 1. The first-order valence-corrected chi connectivity index (χ1v) is 8.05. The Morgan fingerprint density at radius 2 is 1.75 bits per heavy atom. The Hall–Kier alpha value is -2.24. The van der Waals surface area contributed by atoms with E-state index in [1.54, 1.807) is 42.5 Å². The Kier molecular flexibility index (Phi) is 6.46. The third-order valence-corrected chi connectivity index (χ3v) is 4.00. The summed E-state index contributed by atoms with van der Waals surface area (Å²) in [5, 5.41) is 8.79. The standard InChI is InChI=1S/C17H17Cl2N3O2/c1-11(12-7-8-14(18)15(19)9-12)21-16(23)10-20-17(24)22-13-5-3-2-4-6-13/h2-9,11H,10H2,1H3,(H,21,23)(H2,20,22,24)/t11-/m1/s1. The maximum absolute atomic E-state index is 11.9. The summed E-state index contributed by atoms with van der Waals surface area (Å²) < 4.78 is 0. The molecule has 0 fully saturated rings. The number of nitrogens with one attached hydrogen (secondary N) is 3. The molecule has 3 N–H and O–H groups in total. The maximum Gasteiger partial charge on any atom is 0.319 e. The molecule has 0 aromatic heterocycles. The number of halogens is 2. The molecule has 1 atom stereocenters. The molecule has 0 saturated heterocycles. The molecular formula is C17H17Cl2N3O2. The minimum Gasteiger partial charge on any atom is -0.348 e. The minimum atomic E-state index is -0.446. The first kappa shape index (κ1) is 18.1. The van der Waals surface area contributed by atoms with Gasteiger partial charge in [-0.25, -0.2) is 4.79 Å². The molecule has 3 amide bonds. The van der Waals surface area contributed by atoms with Crippen LogP contribution in [-0.4, -0.2) is 18.5 Å². The van der Waals surface area contributed by atoms with Gasteiger partial charge in [0.25, 0.3) is 0 Å². The summed E-state index contributed by atoms with van der Waals surface area (Å²) in [4.78, 5) is 23.6. The van der Waals surface area contributed by atoms with Gasteiger partial charge in [-0.2, -0.15) is 0 Å². The minimum absolute atomic E-state index is 0.135. The van der Waals surface area contributed by atoms with Gasteiger partial charge < -0.3 is 16.0 Å². The summed E-state index contributed by atoms with van der Waals surface area (Å²) in [5.74, 6) is -0.309. The average Bonchev–Trinajstić information content (AvgIpc) is 2.56. The summed E-state index contributed by atoms with van der Waals surface area (Å²) in [6.45, 7) is 1.69. The fraction of sp³-hybridized carbons (Fsp3) is 0.176. The molecule has 0 saturated carbocycles. The summed E-state index contributed by atoms with van der Waals surface area (Å²) in [6.07, 6.45) is 0. The van der Waals surface area contributed by atoms with Crippen LogP contribution in [-0.2, 0) is 4.79 Å². The van der Waals surface area contributed by atoms with Gasteiger partial charge in [-0.1, -0.05) is 47.5 Å². The van der Waals surface area contributed by atoms with Gasteiger partial charge >= 0.3 is 6.03 Å². The highest BCUT2D eigenvalue weighted by molar-refractivity contribution is 6.42. The second-order valence-corrected chi connectivity index (χ2v) is 5.95. The van der Waals surface area contributed by atoms with E-state index in [4.69, 9.17) is 23.2 Å². The number of rotatable bonds is 5. The number of carbonyl (C=O) groups is 2. The van der Waals surface area contributed by atoms with E-state index in [1.807, 2.05) is 13.0 Å². The molecule has 0 bridgehead atoms. The van der Waals surface area contributed by atoms with Crippen LogP contribution in [0.15, 0.2) is 48.5 Å². The van der Waals surface area contributed by atoms with Crippen molar-refractivity contribution in [3.63, 3.8) is 0 Å². The predicted octanol–water partition coefficient (Wildman–Crippen LogP) is 3.99. The molecule has 2 aromatic rings. The zero-order valence-electron chi connectivity index (χ0n) is 13.0. The average molecular weight is 366 g/mol. The number of urea groups is 1. The van der Waals surface area contributed by atoms with Crippen molar-refractivity contribution in [1.29, 1.82) is 0 Å². The van der Waals surface area contributed by atoms with Crippen molar-refractivity contribution in [2.45, 2.75) is 13.0 Å². The zero-order valence-corrected chi connectivity index (χ0v) is 14.5. The second-order valence-electron chi connectivity index (χ2n) is 5.14. The lowest BCUT2D eigenvalue weighted by Gasteiger charge is -2.15. The number of carbonyl (C=O) groups excluding carboxylic acids is 2. The third-order valence-electron chi connectivity index (χ3n) is 3.26. The molecule has 0 radical (unpaired) electrons. The molecule has 0 aliphatic rings. The van der Waals surface area contributed by atoms with Crippen molar-refractivity contribution in [3.8, 4) is 0 Å². The SMILES string of the molecule is C[C@@H](NC(=O)CNC(=O)Nc1ccccc1)c1ccc(Cl)c(Cl)c1. The number of benzene rings is 2. The topological polar surface area (TPSA) is 70.2 Å². The van der Waals surface area contributed by atoms with Gasteiger partial charge in [-0.3, -0.25) is 4.79 Å². The molecule has 0 unspecified atom stereocenters. The van der Waals surface area contributed by atoms with Crippen molar-refractivity contribution >= 4 is 40.8 Å². The van der Waals surface area contributed by atoms with Crippen LogP contribution in [0.3, 0.4) is 0 Å². The van der Waals surface area contributed by atoms with Gasteiger partial charge in [0.05, 0.1) is 22.6 Å². The summed E-state index contributed by atoms with van der Waals surface area (Å²) >= 11 is 11.8. The van der Waals surface area contributed by atoms with Crippen LogP contribution in [0.1, 0.15) is 18.5 Å². The van der Waals surface area contributed by atoms with Crippen molar-refractivity contribution in [3.05, 3.63) is 64.1 Å². The smallest absolute Gasteiger partial charge is 0.319 e. The summed E-state index contributed by atoms with van der Waals surface area (Å²) in [7, 11) is 0. The molecule has 0 aliphatic carbocycles. The van der Waals surface area contributed by atoms with E-state index in [-0.39, 0.29) is 18.5 Å². The van der Waals surface area contributed by atoms with Crippen molar-refractivity contribution in [1.82, 2.24) is 10.6 Å². The highest BCUT2D eigenvalue weighted by Gasteiger charge is 2.12. The van der Waals surface area contributed by atoms with E-state index >= 15 is 0 Å². The Morgan fingerprint density at radius 3 is 2.42 bits per heavy atom. The van der Waals surface area contributed by atoms with Crippen molar-refractivity contribution < 1.29 is 9.59 Å². The van der Waals surface area contributed by atoms with E-state index in [2.05, 4.69) is 16.0 Å². The molecule has 0 heterocycles. The number of anilines is 1. The van der Waals surface area contributed by atoms with Crippen LogP contribution in [0.25, 0.3) is 0 Å². The van der Waals surface area contributed by atoms with E-state index in [9.17, 15) is 9.59 Å². The van der Waals surface area contributed by atoms with Crippen LogP contribution in [0.4, 0.5) is 10.5 Å². The molecule has 2 rings (SSSR count). The molecule has 7 heteroatoms. The van der Waals surface area contributed by atoms with E-state index < -0.39 is 6.03 Å². The molecule has 0 aliphatic heterocycles. The quantitative estimate of drug-likeness (QED) is 0.749. The maximum atomic E-state index is 11.9. The Labute approximate surface area is 150 Å². The van der Waals surface area contributed by atoms with Crippen LogP contribution in [0.5, 0.6) is 0 Å². The van der Waals surface area contributed by atoms with Gasteiger partial charge in [-0.15, -0.1) is 0 Å². The number of hydrogen-bond acceptors (Lipinski definition) is 2. The Bertz CT molecular complexity index is 723. The highest BCUT2D eigenvalue weighted by Crippen LogP contribution is 2.25. The van der Waals surface area contributed by atoms with Crippen molar-refractivity contribution in [2.75, 3.05) is 11.9 Å². The van der Waals surface area contributed by atoms with Crippen LogP contribution in [0, 0.1) is 0 Å². The second kappa shape index (κ2) is 8.57. The van der Waals surface area contributed by atoms with E-state index in [0.717, 1.165) is 5.56 Å². The lowest BCUT2D eigenvalue weighted by Crippen LogP contribution is -2.39. The lowest BCUT2D eigenvalue weighted by molar-refractivity contribution is -0.120. The molecule has 24 heavy (non-hydrogen) atoms. The normalized spacial score (nSPS) is 11.5. The van der Waals surface area contributed by atoms with Crippen LogP contribution >= 0.6 is 23.2 Å². The zero-order chi connectivity index (χ0) is 17.5. The summed E-state index contributed by atoms with van der Waals surface area (Å²) in [5.41, 5.74) is 1.48. The lowest BCUT2D eigenvalue weighted by atomic mass is 10.1. The number of amides is 3. The first-order chi connectivity index (χ1) is 11.5. The van der Waals surface area contributed by atoms with E-state index in [0.29, 0.717) is 15.7 Å². The number of hydrogen-bond donors (Lipinski definition) is 3. The third kappa shape index (κ3) is 5.44. The highest BCUT2D eigenvalue weighted by atomic mass is 35.5. The summed E-state index contributed by atoms with van der Waals surface area (Å²) in [6, 6.07) is 13.4. The van der Waals surface area contributed by atoms with Gasteiger partial charge in [0.2, 0.25) is 5.91 Å². The fourth-order valence-corrected chi connectivity index (χ4v) is 2.32. The fourth-order valence-electron chi connectivity index (χ4n) is 2.01. The molecule has 0 spiro atoms.